The van der Waals surface area contributed by atoms with Gasteiger partial charge in [0.1, 0.15) is 5.75 Å². The summed E-state index contributed by atoms with van der Waals surface area (Å²) >= 11 is 0. The molecule has 2 aromatic rings. The molecule has 0 amide bonds. The summed E-state index contributed by atoms with van der Waals surface area (Å²) in [6, 6.07) is 13.4. The van der Waals surface area contributed by atoms with Gasteiger partial charge in [0.2, 0.25) is 0 Å². The van der Waals surface area contributed by atoms with Crippen molar-refractivity contribution in [1.29, 1.82) is 0 Å². The second kappa shape index (κ2) is 9.36. The van der Waals surface area contributed by atoms with E-state index in [1.807, 2.05) is 0 Å². The zero-order chi connectivity index (χ0) is 19.2. The van der Waals surface area contributed by atoms with Gasteiger partial charge >= 0.3 is 0 Å². The van der Waals surface area contributed by atoms with E-state index in [-0.39, 0.29) is 0 Å². The van der Waals surface area contributed by atoms with Gasteiger partial charge in [-0.25, -0.2) is 0 Å². The van der Waals surface area contributed by atoms with Crippen molar-refractivity contribution in [2.45, 2.75) is 33.4 Å². The fourth-order valence-electron chi connectivity index (χ4n) is 3.73. The highest BCUT2D eigenvalue weighted by atomic mass is 16.5. The molecule has 27 heavy (non-hydrogen) atoms. The van der Waals surface area contributed by atoms with Crippen LogP contribution in [0.5, 0.6) is 5.75 Å². The Morgan fingerprint density at radius 3 is 2.33 bits per heavy atom. The van der Waals surface area contributed by atoms with Crippen LogP contribution in [0.25, 0.3) is 0 Å². The van der Waals surface area contributed by atoms with Crippen molar-refractivity contribution in [3.8, 4) is 5.75 Å². The molecule has 1 heterocycles. The second-order valence-electron chi connectivity index (χ2n) is 7.43. The highest BCUT2D eigenvalue weighted by molar-refractivity contribution is 5.36. The van der Waals surface area contributed by atoms with Crippen molar-refractivity contribution in [3.05, 3.63) is 64.2 Å². The molecule has 0 radical (unpaired) electrons. The summed E-state index contributed by atoms with van der Waals surface area (Å²) in [5, 5.41) is 3.70. The Morgan fingerprint density at radius 1 is 1.00 bits per heavy atom. The quantitative estimate of drug-likeness (QED) is 0.806. The summed E-state index contributed by atoms with van der Waals surface area (Å²) in [5.41, 5.74) is 6.78. The number of nitrogens with zero attached hydrogens (tertiary/aromatic N) is 1. The molecule has 0 aliphatic carbocycles. The summed E-state index contributed by atoms with van der Waals surface area (Å²) in [7, 11) is 1.71. The Labute approximate surface area is 163 Å². The van der Waals surface area contributed by atoms with Gasteiger partial charge in [0, 0.05) is 32.2 Å². The maximum Gasteiger partial charge on any atom is 0.118 e. The highest BCUT2D eigenvalue weighted by Gasteiger charge is 2.22. The molecule has 4 heteroatoms. The van der Waals surface area contributed by atoms with Crippen molar-refractivity contribution in [2.75, 3.05) is 40.0 Å². The van der Waals surface area contributed by atoms with E-state index in [1.165, 1.54) is 27.8 Å². The van der Waals surface area contributed by atoms with Crippen LogP contribution in [0.4, 0.5) is 0 Å². The van der Waals surface area contributed by atoms with Gasteiger partial charge in [-0.15, -0.1) is 0 Å². The molecule has 1 unspecified atom stereocenters. The zero-order valence-corrected chi connectivity index (χ0v) is 17.0. The van der Waals surface area contributed by atoms with E-state index in [4.69, 9.17) is 9.47 Å². The monoisotopic (exact) mass is 368 g/mol. The minimum Gasteiger partial charge on any atom is -0.497 e. The standard InChI is InChI=1S/C23H32N2O2/c1-17-13-19(3)21(14-18(17)2)15-24-16-23(25-9-11-27-12-10-25)20-5-7-22(26-4)8-6-20/h5-8,13-14,23-24H,9-12,15-16H2,1-4H3. The Balaban J connectivity index is 1.70. The topological polar surface area (TPSA) is 33.7 Å². The normalized spacial score (nSPS) is 16.3. The summed E-state index contributed by atoms with van der Waals surface area (Å²) in [6.07, 6.45) is 0. The smallest absolute Gasteiger partial charge is 0.118 e. The summed E-state index contributed by atoms with van der Waals surface area (Å²) in [4.78, 5) is 2.52. The minimum atomic E-state index is 0.339. The SMILES string of the molecule is COc1ccc(C(CNCc2cc(C)c(C)cc2C)N2CCOCC2)cc1. The number of morpholine rings is 1. The van der Waals surface area contributed by atoms with E-state index in [2.05, 4.69) is 67.4 Å². The lowest BCUT2D eigenvalue weighted by molar-refractivity contribution is 0.0161. The second-order valence-corrected chi connectivity index (χ2v) is 7.43. The maximum absolute atomic E-state index is 5.55. The van der Waals surface area contributed by atoms with E-state index in [1.54, 1.807) is 7.11 Å². The van der Waals surface area contributed by atoms with E-state index < -0.39 is 0 Å². The van der Waals surface area contributed by atoms with Crippen LogP contribution < -0.4 is 10.1 Å². The zero-order valence-electron chi connectivity index (χ0n) is 17.0. The number of hydrogen-bond acceptors (Lipinski definition) is 4. The van der Waals surface area contributed by atoms with E-state index in [0.717, 1.165) is 45.1 Å². The molecule has 1 aliphatic heterocycles. The lowest BCUT2D eigenvalue weighted by atomic mass is 10.0. The summed E-state index contributed by atoms with van der Waals surface area (Å²) in [5.74, 6) is 0.901. The van der Waals surface area contributed by atoms with Crippen molar-refractivity contribution < 1.29 is 9.47 Å². The first-order valence-electron chi connectivity index (χ1n) is 9.81. The van der Waals surface area contributed by atoms with Gasteiger partial charge in [-0.1, -0.05) is 24.3 Å². The predicted molar refractivity (Wildman–Crippen MR) is 110 cm³/mol. The molecular formula is C23H32N2O2. The first-order chi connectivity index (χ1) is 13.1. The summed E-state index contributed by atoms with van der Waals surface area (Å²) < 4.78 is 10.9. The van der Waals surface area contributed by atoms with Crippen LogP contribution in [-0.2, 0) is 11.3 Å². The molecule has 0 saturated carbocycles. The van der Waals surface area contributed by atoms with Gasteiger partial charge in [-0.3, -0.25) is 4.90 Å². The molecule has 1 aliphatic rings. The average molecular weight is 369 g/mol. The van der Waals surface area contributed by atoms with Gasteiger partial charge < -0.3 is 14.8 Å². The number of hydrogen-bond donors (Lipinski definition) is 1. The minimum absolute atomic E-state index is 0.339. The first kappa shape index (κ1) is 19.9. The molecule has 1 saturated heterocycles. The van der Waals surface area contributed by atoms with Gasteiger partial charge in [0.05, 0.1) is 20.3 Å². The number of aryl methyl sites for hydroxylation is 3. The first-order valence-corrected chi connectivity index (χ1v) is 9.81. The average Bonchev–Trinajstić information content (AvgIpc) is 2.70. The molecule has 1 N–H and O–H groups in total. The van der Waals surface area contributed by atoms with Crippen LogP contribution in [0.3, 0.4) is 0 Å². The Morgan fingerprint density at radius 2 is 1.67 bits per heavy atom. The third-order valence-electron chi connectivity index (χ3n) is 5.59. The molecule has 0 spiro atoms. The van der Waals surface area contributed by atoms with Gasteiger partial charge in [0.15, 0.2) is 0 Å². The van der Waals surface area contributed by atoms with Crippen LogP contribution in [0.15, 0.2) is 36.4 Å². The lowest BCUT2D eigenvalue weighted by Crippen LogP contribution is -2.42. The molecule has 1 atom stereocenters. The molecule has 4 nitrogen and oxygen atoms in total. The van der Waals surface area contributed by atoms with Crippen molar-refractivity contribution in [1.82, 2.24) is 10.2 Å². The van der Waals surface area contributed by atoms with Crippen molar-refractivity contribution in [2.24, 2.45) is 0 Å². The molecule has 146 valence electrons. The van der Waals surface area contributed by atoms with Crippen LogP contribution >= 0.6 is 0 Å². The maximum atomic E-state index is 5.55. The number of rotatable bonds is 7. The van der Waals surface area contributed by atoms with E-state index in [0.29, 0.717) is 6.04 Å². The third-order valence-corrected chi connectivity index (χ3v) is 5.59. The van der Waals surface area contributed by atoms with Gasteiger partial charge in [0.25, 0.3) is 0 Å². The number of nitrogens with one attached hydrogen (secondary N) is 1. The fraction of sp³-hybridized carbons (Fsp3) is 0.478. The largest absolute Gasteiger partial charge is 0.497 e. The number of benzene rings is 2. The highest BCUT2D eigenvalue weighted by Crippen LogP contribution is 2.24. The number of methoxy groups -OCH3 is 1. The summed E-state index contributed by atoms with van der Waals surface area (Å²) in [6.45, 7) is 11.9. The van der Waals surface area contributed by atoms with Crippen molar-refractivity contribution >= 4 is 0 Å². The molecule has 2 aromatic carbocycles. The van der Waals surface area contributed by atoms with E-state index in [9.17, 15) is 0 Å². The Bertz CT molecular complexity index is 737. The van der Waals surface area contributed by atoms with Crippen LogP contribution in [-0.4, -0.2) is 44.9 Å². The molecule has 1 fully saturated rings. The van der Waals surface area contributed by atoms with Crippen LogP contribution in [0.2, 0.25) is 0 Å². The van der Waals surface area contributed by atoms with E-state index >= 15 is 0 Å². The lowest BCUT2D eigenvalue weighted by Gasteiger charge is -2.35. The molecule has 0 bridgehead atoms. The van der Waals surface area contributed by atoms with Crippen LogP contribution in [0.1, 0.15) is 33.9 Å². The van der Waals surface area contributed by atoms with Crippen LogP contribution in [0, 0.1) is 20.8 Å². The number of ether oxygens (including phenoxy) is 2. The fourth-order valence-corrected chi connectivity index (χ4v) is 3.73. The Kier molecular flexibility index (Phi) is 6.89. The van der Waals surface area contributed by atoms with Crippen molar-refractivity contribution in [3.63, 3.8) is 0 Å². The molecule has 3 rings (SSSR count). The molecular weight excluding hydrogens is 336 g/mol. The third kappa shape index (κ3) is 5.10. The van der Waals surface area contributed by atoms with Gasteiger partial charge in [-0.05, 0) is 60.7 Å². The molecule has 0 aromatic heterocycles. The van der Waals surface area contributed by atoms with Gasteiger partial charge in [-0.2, -0.15) is 0 Å². The Hall–Kier alpha value is -1.88. The predicted octanol–water partition coefficient (Wildman–Crippen LogP) is 3.78.